The van der Waals surface area contributed by atoms with E-state index in [1.807, 2.05) is 0 Å². The molecule has 1 radical (unpaired) electrons. The van der Waals surface area contributed by atoms with Gasteiger partial charge in [-0.2, -0.15) is 0 Å². The smallest absolute Gasteiger partial charge is 0.348 e. The molecule has 0 saturated carbocycles. The van der Waals surface area contributed by atoms with Crippen molar-refractivity contribution in [2.24, 2.45) is 0 Å². The van der Waals surface area contributed by atoms with E-state index in [1.165, 1.54) is 5.37 Å². The summed E-state index contributed by atoms with van der Waals surface area (Å²) in [5, 5.41) is 9.03. The predicted octanol–water partition coefficient (Wildman–Crippen LogP) is -0.0523. The molecule has 0 unspecified atom stereocenters. The molecular formula is C2HO2S. The molecule has 5 heavy (non-hydrogen) atoms. The molecule has 0 aromatic heterocycles. The Balaban J connectivity index is 3.20. The van der Waals surface area contributed by atoms with E-state index in [-0.39, 0.29) is 0 Å². The van der Waals surface area contributed by atoms with Gasteiger partial charge < -0.3 is 5.11 Å². The third-order valence-corrected chi connectivity index (χ3v) is 0.262. The topological polar surface area (TPSA) is 37.3 Å². The number of hydrogen-bond acceptors (Lipinski definition) is 2. The Hall–Kier alpha value is -0.440. The van der Waals surface area contributed by atoms with Crippen molar-refractivity contribution in [3.8, 4) is 0 Å². The highest BCUT2D eigenvalue weighted by atomic mass is 32.1. The highest BCUT2D eigenvalue weighted by Gasteiger charge is 1.78. The zero-order valence-corrected chi connectivity index (χ0v) is 3.08. The first-order chi connectivity index (χ1) is 2.27. The standard InChI is InChI=1S/C2HO2S/c3-2(4)1-5/h(H,3,4). The van der Waals surface area contributed by atoms with E-state index < -0.39 is 5.97 Å². The van der Waals surface area contributed by atoms with Gasteiger partial charge in [0.1, 0.15) is 5.37 Å². The Labute approximate surface area is 34.4 Å². The van der Waals surface area contributed by atoms with Crippen LogP contribution in [0.2, 0.25) is 0 Å². The van der Waals surface area contributed by atoms with Crippen LogP contribution < -0.4 is 0 Å². The first kappa shape index (κ1) is 4.56. The van der Waals surface area contributed by atoms with Gasteiger partial charge in [0.25, 0.3) is 0 Å². The SMILES string of the molecule is O=C(O)[C]=S. The number of carbonyl (C=O) groups is 1. The molecule has 1 N–H and O–H groups in total. The number of hydrogen-bond donors (Lipinski definition) is 1. The molecule has 0 spiro atoms. The zero-order valence-electron chi connectivity index (χ0n) is 2.26. The number of thiocarbonyl (C=S) groups is 1. The van der Waals surface area contributed by atoms with E-state index >= 15 is 0 Å². The summed E-state index contributed by atoms with van der Waals surface area (Å²) in [4.78, 5) is 9.15. The van der Waals surface area contributed by atoms with Crippen LogP contribution in [0.1, 0.15) is 0 Å². The largest absolute Gasteiger partial charge is 0.477 e. The van der Waals surface area contributed by atoms with Crippen LogP contribution >= 0.6 is 12.2 Å². The summed E-state index contributed by atoms with van der Waals surface area (Å²) in [5.41, 5.74) is 0. The van der Waals surface area contributed by atoms with E-state index in [0.29, 0.717) is 0 Å². The van der Waals surface area contributed by atoms with Crippen LogP contribution in [-0.2, 0) is 4.79 Å². The first-order valence-corrected chi connectivity index (χ1v) is 1.29. The molecule has 0 bridgehead atoms. The van der Waals surface area contributed by atoms with E-state index in [2.05, 4.69) is 12.2 Å². The molecule has 0 rings (SSSR count). The van der Waals surface area contributed by atoms with Gasteiger partial charge in [0.15, 0.2) is 0 Å². The van der Waals surface area contributed by atoms with Gasteiger partial charge in [0.05, 0.1) is 0 Å². The van der Waals surface area contributed by atoms with Gasteiger partial charge in [-0.05, 0) is 0 Å². The van der Waals surface area contributed by atoms with Crippen molar-refractivity contribution in [3.63, 3.8) is 0 Å². The molecule has 2 nitrogen and oxygen atoms in total. The molecule has 0 amide bonds. The Kier molecular flexibility index (Phi) is 1.68. The van der Waals surface area contributed by atoms with Crippen molar-refractivity contribution in [2.45, 2.75) is 0 Å². The summed E-state index contributed by atoms with van der Waals surface area (Å²) in [6.45, 7) is 0. The van der Waals surface area contributed by atoms with Crippen LogP contribution in [-0.4, -0.2) is 16.4 Å². The Bertz CT molecular complexity index is 58.7. The van der Waals surface area contributed by atoms with Crippen molar-refractivity contribution < 1.29 is 9.90 Å². The molecule has 27 valence electrons. The van der Waals surface area contributed by atoms with E-state index in [1.54, 1.807) is 0 Å². The fourth-order valence-corrected chi connectivity index (χ4v) is 0. The molecule has 0 aliphatic carbocycles. The van der Waals surface area contributed by atoms with Crippen LogP contribution in [0.3, 0.4) is 0 Å². The third-order valence-electron chi connectivity index (χ3n) is 0.0873. The van der Waals surface area contributed by atoms with Gasteiger partial charge in [-0.25, -0.2) is 4.79 Å². The van der Waals surface area contributed by atoms with Gasteiger partial charge in [-0.15, -0.1) is 0 Å². The molecule has 0 aliphatic rings. The van der Waals surface area contributed by atoms with Gasteiger partial charge in [0, 0.05) is 0 Å². The molecule has 0 fully saturated rings. The summed E-state index contributed by atoms with van der Waals surface area (Å²) < 4.78 is 0. The second-order valence-corrected chi connectivity index (χ2v) is 0.611. The maximum absolute atomic E-state index is 9.15. The molecule has 0 aliphatic heterocycles. The third kappa shape index (κ3) is 3.56. The van der Waals surface area contributed by atoms with Crippen molar-refractivity contribution in [3.05, 3.63) is 0 Å². The van der Waals surface area contributed by atoms with Crippen LogP contribution in [0.4, 0.5) is 0 Å². The molecule has 0 aromatic carbocycles. The molecule has 0 aromatic rings. The van der Waals surface area contributed by atoms with Crippen LogP contribution in [0, 0.1) is 0 Å². The first-order valence-electron chi connectivity index (χ1n) is 0.882. The maximum Gasteiger partial charge on any atom is 0.348 e. The van der Waals surface area contributed by atoms with Crippen LogP contribution in [0.5, 0.6) is 0 Å². The van der Waals surface area contributed by atoms with Crippen molar-refractivity contribution in [1.82, 2.24) is 0 Å². The summed E-state index contributed by atoms with van der Waals surface area (Å²) in [6, 6.07) is 0. The average molecular weight is 89.1 g/mol. The Morgan fingerprint density at radius 2 is 2.20 bits per heavy atom. The van der Waals surface area contributed by atoms with Gasteiger partial charge in [0.2, 0.25) is 0 Å². The molecule has 0 heterocycles. The van der Waals surface area contributed by atoms with Crippen LogP contribution in [0.15, 0.2) is 0 Å². The minimum atomic E-state index is -1.18. The normalized spacial score (nSPS) is 6.40. The summed E-state index contributed by atoms with van der Waals surface area (Å²) in [7, 11) is 0. The zero-order chi connectivity index (χ0) is 4.28. The lowest BCUT2D eigenvalue weighted by atomic mass is 10.8. The molecular weight excluding hydrogens is 88.1 g/mol. The van der Waals surface area contributed by atoms with Crippen molar-refractivity contribution >= 4 is 23.6 Å². The lowest BCUT2D eigenvalue weighted by Gasteiger charge is -1.60. The molecule has 3 heteroatoms. The second-order valence-electron chi connectivity index (χ2n) is 0.407. The lowest BCUT2D eigenvalue weighted by Crippen LogP contribution is -1.89. The second kappa shape index (κ2) is 1.84. The highest BCUT2D eigenvalue weighted by molar-refractivity contribution is 7.80. The average Bonchev–Trinajstić information content (AvgIpc) is 1.38. The molecule has 0 saturated heterocycles. The maximum atomic E-state index is 9.15. The number of carboxylic acids is 1. The highest BCUT2D eigenvalue weighted by Crippen LogP contribution is 1.47. The Morgan fingerprint density at radius 3 is 2.20 bits per heavy atom. The minimum Gasteiger partial charge on any atom is -0.477 e. The monoisotopic (exact) mass is 89.0 g/mol. The van der Waals surface area contributed by atoms with Crippen molar-refractivity contribution in [1.29, 1.82) is 0 Å². The van der Waals surface area contributed by atoms with Gasteiger partial charge in [-0.3, -0.25) is 0 Å². The molecule has 0 atom stereocenters. The van der Waals surface area contributed by atoms with E-state index in [0.717, 1.165) is 0 Å². The summed E-state index contributed by atoms with van der Waals surface area (Å²) >= 11 is 3.83. The number of aliphatic carboxylic acids is 1. The fourth-order valence-electron chi connectivity index (χ4n) is 0. The van der Waals surface area contributed by atoms with E-state index in [9.17, 15) is 0 Å². The number of rotatable bonds is 1. The minimum absolute atomic E-state index is 1.18. The Morgan fingerprint density at radius 1 is 2.00 bits per heavy atom. The predicted molar refractivity (Wildman–Crippen MR) is 20.2 cm³/mol. The quantitative estimate of drug-likeness (QED) is 0.457. The van der Waals surface area contributed by atoms with Gasteiger partial charge >= 0.3 is 5.97 Å². The van der Waals surface area contributed by atoms with E-state index in [4.69, 9.17) is 9.90 Å². The summed E-state index contributed by atoms with van der Waals surface area (Å²) in [5.74, 6) is -1.18. The fraction of sp³-hybridized carbons (Fsp3) is 0. The number of carboxylic acid groups (broad SMARTS) is 1. The van der Waals surface area contributed by atoms with Gasteiger partial charge in [-0.1, -0.05) is 12.2 Å². The summed E-state index contributed by atoms with van der Waals surface area (Å²) in [6.07, 6.45) is 0. The lowest BCUT2D eigenvalue weighted by molar-refractivity contribution is -0.128. The van der Waals surface area contributed by atoms with Crippen molar-refractivity contribution in [2.75, 3.05) is 0 Å². The van der Waals surface area contributed by atoms with Crippen LogP contribution in [0.25, 0.3) is 0 Å².